The molecule has 0 radical (unpaired) electrons. The van der Waals surface area contributed by atoms with Crippen molar-refractivity contribution in [2.75, 3.05) is 0 Å². The first-order chi connectivity index (χ1) is 23.1. The summed E-state index contributed by atoms with van der Waals surface area (Å²) in [6, 6.07) is 21.9. The lowest BCUT2D eigenvalue weighted by molar-refractivity contribution is -0.274. The number of alkyl halides is 12. The molecule has 0 saturated carbocycles. The summed E-state index contributed by atoms with van der Waals surface area (Å²) in [6.07, 6.45) is -4.60. The van der Waals surface area contributed by atoms with Crippen molar-refractivity contribution in [3.63, 3.8) is 0 Å². The summed E-state index contributed by atoms with van der Waals surface area (Å²) in [4.78, 5) is -0.707. The lowest BCUT2D eigenvalue weighted by Crippen LogP contribution is -2.23. The van der Waals surface area contributed by atoms with E-state index in [0.717, 1.165) is 28.8 Å². The monoisotopic (exact) mass is 800 g/mol. The number of aryl methyl sites for hydroxylation is 4. The van der Waals surface area contributed by atoms with Crippen LogP contribution in [0.3, 0.4) is 0 Å². The van der Waals surface area contributed by atoms with Crippen molar-refractivity contribution in [1.29, 1.82) is 0 Å². The second-order valence-electron chi connectivity index (χ2n) is 10.0. The van der Waals surface area contributed by atoms with Crippen LogP contribution in [0.5, 0.6) is 5.75 Å². The van der Waals surface area contributed by atoms with Gasteiger partial charge in [-0.1, -0.05) is 70.8 Å². The zero-order valence-corrected chi connectivity index (χ0v) is 29.1. The van der Waals surface area contributed by atoms with Gasteiger partial charge < -0.3 is 4.74 Å². The molecule has 51 heavy (non-hydrogen) atoms. The quantitative estimate of drug-likeness (QED) is 0.152. The Balaban J connectivity index is 0.000000341. The average molecular weight is 801 g/mol. The Morgan fingerprint density at radius 2 is 0.902 bits per heavy atom. The molecule has 0 aliphatic heterocycles. The Bertz CT molecular complexity index is 1710. The highest BCUT2D eigenvalue weighted by molar-refractivity contribution is 8.00. The molecule has 4 nitrogen and oxygen atoms in total. The topological polar surface area (TPSA) is 60.4 Å². The summed E-state index contributed by atoms with van der Waals surface area (Å²) in [5.74, 6) is -0.187. The molecule has 1 unspecified atom stereocenters. The molecule has 0 aromatic heterocycles. The molecule has 4 rings (SSSR count). The molecule has 0 aliphatic carbocycles. The van der Waals surface area contributed by atoms with Crippen LogP contribution in [-0.2, 0) is 20.6 Å². The van der Waals surface area contributed by atoms with Crippen LogP contribution in [-0.4, -0.2) is 35.5 Å². The van der Waals surface area contributed by atoms with Gasteiger partial charge in [0.15, 0.2) is 10.8 Å². The zero-order chi connectivity index (χ0) is 39.4. The first-order valence-electron chi connectivity index (χ1n) is 13.7. The number of halogens is 12. The van der Waals surface area contributed by atoms with Crippen molar-refractivity contribution in [3.05, 3.63) is 119 Å². The third-order valence-electron chi connectivity index (χ3n) is 5.59. The van der Waals surface area contributed by atoms with Gasteiger partial charge in [0.25, 0.3) is 9.84 Å². The van der Waals surface area contributed by atoms with Gasteiger partial charge in [0.2, 0.25) is 0 Å². The van der Waals surface area contributed by atoms with Crippen molar-refractivity contribution in [1.82, 2.24) is 0 Å². The summed E-state index contributed by atoms with van der Waals surface area (Å²) in [6.45, 7) is 7.03. The Kier molecular flexibility index (Phi) is 16.6. The van der Waals surface area contributed by atoms with Crippen molar-refractivity contribution in [3.8, 4) is 5.75 Å². The van der Waals surface area contributed by atoms with Crippen molar-refractivity contribution >= 4 is 32.4 Å². The largest absolute Gasteiger partial charge is 0.573 e. The number of benzene rings is 4. The highest BCUT2D eigenvalue weighted by Crippen LogP contribution is 2.36. The van der Waals surface area contributed by atoms with Gasteiger partial charge in [-0.25, -0.2) is 12.6 Å². The molecule has 4 aromatic rings. The average Bonchev–Trinajstić information content (AvgIpc) is 2.98. The number of thioether (sulfide) groups is 1. The van der Waals surface area contributed by atoms with E-state index in [9.17, 15) is 65.3 Å². The first-order valence-corrected chi connectivity index (χ1v) is 17.1. The molecule has 0 bridgehead atoms. The molecule has 0 aliphatic rings. The van der Waals surface area contributed by atoms with E-state index < -0.39 is 48.4 Å². The van der Waals surface area contributed by atoms with Gasteiger partial charge in [0.05, 0.1) is 4.90 Å². The minimum absolute atomic E-state index is 0.0906. The summed E-state index contributed by atoms with van der Waals surface area (Å²) < 4.78 is 178. The zero-order valence-electron chi connectivity index (χ0n) is 26.6. The van der Waals surface area contributed by atoms with E-state index in [1.54, 1.807) is 45.0 Å². The second kappa shape index (κ2) is 18.7. The highest BCUT2D eigenvalue weighted by Gasteiger charge is 2.46. The maximum Gasteiger partial charge on any atom is 0.573 e. The molecular weight excluding hydrogens is 773 g/mol. The Morgan fingerprint density at radius 1 is 0.549 bits per heavy atom. The Morgan fingerprint density at radius 3 is 1.24 bits per heavy atom. The van der Waals surface area contributed by atoms with Crippen LogP contribution in [0.2, 0.25) is 0 Å². The lowest BCUT2D eigenvalue weighted by Gasteiger charge is -2.08. The standard InChI is InChI=1S/C8H7F3O2S.C8H7F3OS.C8H7F3O.C8H7F3S/c1-6-2-4-7(5-3-6)14(12,13)8(9,10)11;1-6-2-4-7(5-3-6)13(12)8(9,10)11;2*1-6-2-4-7(5-3-6)12-8(9,10)11/h2-5H,1H3;2-5H,1H3;2*2-5H,1H3. The summed E-state index contributed by atoms with van der Waals surface area (Å²) in [7, 11) is -8.10. The number of hydrogen-bond acceptors (Lipinski definition) is 5. The molecule has 4 aromatic carbocycles. The number of ether oxygens (including phenoxy) is 1. The van der Waals surface area contributed by atoms with Gasteiger partial charge in [-0.3, -0.25) is 0 Å². The fraction of sp³-hybridized carbons (Fsp3) is 0.250. The molecule has 0 fully saturated rings. The van der Waals surface area contributed by atoms with E-state index in [4.69, 9.17) is 0 Å². The molecule has 282 valence electrons. The van der Waals surface area contributed by atoms with E-state index in [2.05, 4.69) is 4.74 Å². The molecule has 0 amide bonds. The second-order valence-corrected chi connectivity index (χ2v) is 14.6. The van der Waals surface area contributed by atoms with Gasteiger partial charge in [-0.05, 0) is 88.0 Å². The first kappa shape index (κ1) is 45.3. The molecule has 0 spiro atoms. The van der Waals surface area contributed by atoms with E-state index in [1.165, 1.54) is 60.7 Å². The molecule has 1 atom stereocenters. The van der Waals surface area contributed by atoms with Crippen molar-refractivity contribution < 1.29 is 70.0 Å². The van der Waals surface area contributed by atoms with Gasteiger partial charge >= 0.3 is 22.9 Å². The number of rotatable bonds is 4. The maximum absolute atomic E-state index is 12.0. The minimum Gasteiger partial charge on any atom is -0.406 e. The normalized spacial score (nSPS) is 12.5. The summed E-state index contributed by atoms with van der Waals surface area (Å²) in [5.41, 5.74) is -10.7. The maximum atomic E-state index is 12.0. The van der Waals surface area contributed by atoms with Gasteiger partial charge in [-0.2, -0.15) is 39.5 Å². The van der Waals surface area contributed by atoms with Crippen LogP contribution in [0.1, 0.15) is 22.3 Å². The number of hydrogen-bond donors (Lipinski definition) is 0. The predicted molar refractivity (Wildman–Crippen MR) is 169 cm³/mol. The van der Waals surface area contributed by atoms with Gasteiger partial charge in [0, 0.05) is 9.79 Å². The lowest BCUT2D eigenvalue weighted by atomic mass is 10.2. The van der Waals surface area contributed by atoms with Crippen LogP contribution in [0, 0.1) is 27.7 Å². The van der Waals surface area contributed by atoms with Crippen LogP contribution >= 0.6 is 11.8 Å². The predicted octanol–water partition coefficient (Wildman–Crippen LogP) is 11.4. The van der Waals surface area contributed by atoms with E-state index in [0.29, 0.717) is 5.56 Å². The molecule has 0 saturated heterocycles. The highest BCUT2D eigenvalue weighted by atomic mass is 32.2. The van der Waals surface area contributed by atoms with Crippen LogP contribution in [0.15, 0.2) is 112 Å². The van der Waals surface area contributed by atoms with E-state index >= 15 is 0 Å². The Hall–Kier alpha value is -3.71. The van der Waals surface area contributed by atoms with Crippen LogP contribution in [0.25, 0.3) is 0 Å². The minimum atomic E-state index is -5.23. The summed E-state index contributed by atoms with van der Waals surface area (Å²) in [5, 5.41) is 0. The van der Waals surface area contributed by atoms with Crippen LogP contribution in [0.4, 0.5) is 52.7 Å². The van der Waals surface area contributed by atoms with Crippen molar-refractivity contribution in [2.24, 2.45) is 0 Å². The fourth-order valence-corrected chi connectivity index (χ4v) is 5.08. The van der Waals surface area contributed by atoms with Crippen molar-refractivity contribution in [2.45, 2.75) is 65.3 Å². The third-order valence-corrected chi connectivity index (χ3v) is 8.95. The smallest absolute Gasteiger partial charge is 0.406 e. The Labute approximate surface area is 292 Å². The SMILES string of the molecule is Cc1ccc(OC(F)(F)F)cc1.Cc1ccc(S(=O)(=O)C(F)(F)F)cc1.Cc1ccc(S(=O)C(F)(F)F)cc1.Cc1ccc(SC(F)(F)F)cc1. The fourth-order valence-electron chi connectivity index (χ4n) is 3.13. The number of sulfone groups is 1. The molecule has 0 heterocycles. The van der Waals surface area contributed by atoms with E-state index in [1.807, 2.05) is 6.92 Å². The van der Waals surface area contributed by atoms with Crippen LogP contribution < -0.4 is 4.74 Å². The van der Waals surface area contributed by atoms with Gasteiger partial charge in [-0.15, -0.1) is 13.2 Å². The third kappa shape index (κ3) is 17.9. The molecular formula is C32H28F12O4S3. The molecule has 0 N–H and O–H groups in total. The summed E-state index contributed by atoms with van der Waals surface area (Å²) >= 11 is -0.0906. The van der Waals surface area contributed by atoms with E-state index in [-0.39, 0.29) is 27.3 Å². The van der Waals surface area contributed by atoms with Gasteiger partial charge in [0.1, 0.15) is 5.75 Å². The molecule has 19 heteroatoms.